The van der Waals surface area contributed by atoms with Crippen LogP contribution in [0.3, 0.4) is 0 Å². The molecule has 0 aliphatic rings. The largest absolute Gasteiger partial charge is 0.406 e. The van der Waals surface area contributed by atoms with Crippen LogP contribution in [0.2, 0.25) is 10.2 Å². The lowest BCUT2D eigenvalue weighted by atomic mass is 10.2. The topological polar surface area (TPSA) is 78.5 Å². The van der Waals surface area contributed by atoms with E-state index in [1.807, 2.05) is 0 Å². The maximum absolute atomic E-state index is 12.8. The van der Waals surface area contributed by atoms with Gasteiger partial charge in [0.05, 0.1) is 17.0 Å². The van der Waals surface area contributed by atoms with Crippen LogP contribution < -0.4 is 5.56 Å². The summed E-state index contributed by atoms with van der Waals surface area (Å²) in [5.74, 6) is 0. The van der Waals surface area contributed by atoms with Gasteiger partial charge in [0.25, 0.3) is 5.56 Å². The van der Waals surface area contributed by atoms with Crippen molar-refractivity contribution in [1.29, 1.82) is 0 Å². The number of hydrogen-bond donors (Lipinski definition) is 0. The summed E-state index contributed by atoms with van der Waals surface area (Å²) in [7, 11) is 0. The van der Waals surface area contributed by atoms with E-state index in [9.17, 15) is 18.0 Å². The SMILES string of the molecule is O=c1c2nn(-c3ccccc3Cl)c(-c3ccc(Cl)nn3)c2ncn1CC(F)(F)F. The highest BCUT2D eigenvalue weighted by Gasteiger charge is 2.30. The molecule has 0 aliphatic carbocycles. The van der Waals surface area contributed by atoms with E-state index in [4.69, 9.17) is 23.2 Å². The number of rotatable bonds is 3. The average molecular weight is 441 g/mol. The molecule has 12 heteroatoms. The molecule has 7 nitrogen and oxygen atoms in total. The van der Waals surface area contributed by atoms with Crippen molar-refractivity contribution in [2.24, 2.45) is 0 Å². The summed E-state index contributed by atoms with van der Waals surface area (Å²) < 4.78 is 40.0. The van der Waals surface area contributed by atoms with Crippen molar-refractivity contribution in [1.82, 2.24) is 29.5 Å². The zero-order valence-corrected chi connectivity index (χ0v) is 15.7. The van der Waals surface area contributed by atoms with Gasteiger partial charge in [-0.25, -0.2) is 9.67 Å². The highest BCUT2D eigenvalue weighted by Crippen LogP contribution is 2.30. The molecule has 148 valence electrons. The van der Waals surface area contributed by atoms with Crippen molar-refractivity contribution in [2.75, 3.05) is 0 Å². The lowest BCUT2D eigenvalue weighted by Gasteiger charge is -2.08. The van der Waals surface area contributed by atoms with Crippen LogP contribution in [0.25, 0.3) is 28.1 Å². The Kier molecular flexibility index (Phi) is 4.75. The Morgan fingerprint density at radius 1 is 1.00 bits per heavy atom. The van der Waals surface area contributed by atoms with E-state index in [1.54, 1.807) is 24.3 Å². The molecule has 0 spiro atoms. The van der Waals surface area contributed by atoms with Gasteiger partial charge in [-0.3, -0.25) is 9.36 Å². The third kappa shape index (κ3) is 3.68. The minimum absolute atomic E-state index is 0.0602. The molecule has 4 rings (SSSR count). The highest BCUT2D eigenvalue weighted by atomic mass is 35.5. The molecule has 0 saturated carbocycles. The second-order valence-corrected chi connectivity index (χ2v) is 6.74. The van der Waals surface area contributed by atoms with E-state index in [0.717, 1.165) is 6.33 Å². The highest BCUT2D eigenvalue weighted by molar-refractivity contribution is 6.32. The Labute approximate surface area is 170 Å². The van der Waals surface area contributed by atoms with Crippen LogP contribution in [0.1, 0.15) is 0 Å². The van der Waals surface area contributed by atoms with Gasteiger partial charge in [-0.1, -0.05) is 35.3 Å². The van der Waals surface area contributed by atoms with Gasteiger partial charge in [-0.15, -0.1) is 10.2 Å². The fourth-order valence-electron chi connectivity index (χ4n) is 2.77. The van der Waals surface area contributed by atoms with Gasteiger partial charge in [-0.05, 0) is 24.3 Å². The Bertz CT molecular complexity index is 1270. The van der Waals surface area contributed by atoms with Crippen LogP contribution in [0.15, 0.2) is 47.5 Å². The van der Waals surface area contributed by atoms with Crippen LogP contribution in [0.5, 0.6) is 0 Å². The fourth-order valence-corrected chi connectivity index (χ4v) is 3.08. The number of para-hydroxylation sites is 1. The molecule has 29 heavy (non-hydrogen) atoms. The Morgan fingerprint density at radius 3 is 2.41 bits per heavy atom. The molecule has 0 fully saturated rings. The van der Waals surface area contributed by atoms with Gasteiger partial charge in [0.2, 0.25) is 0 Å². The molecule has 0 N–H and O–H groups in total. The predicted molar refractivity (Wildman–Crippen MR) is 100 cm³/mol. The quantitative estimate of drug-likeness (QED) is 0.482. The molecule has 0 unspecified atom stereocenters. The van der Waals surface area contributed by atoms with E-state index < -0.39 is 18.3 Å². The Hall–Kier alpha value is -2.98. The van der Waals surface area contributed by atoms with Crippen molar-refractivity contribution in [3.05, 3.63) is 63.3 Å². The van der Waals surface area contributed by atoms with Crippen LogP contribution in [-0.2, 0) is 6.54 Å². The molecule has 0 amide bonds. The second kappa shape index (κ2) is 7.12. The first-order valence-electron chi connectivity index (χ1n) is 8.04. The Balaban J connectivity index is 2.04. The summed E-state index contributed by atoms with van der Waals surface area (Å²) in [6, 6.07) is 9.64. The zero-order chi connectivity index (χ0) is 20.8. The third-order valence-electron chi connectivity index (χ3n) is 3.95. The minimum atomic E-state index is -4.59. The van der Waals surface area contributed by atoms with Crippen LogP contribution in [0.4, 0.5) is 13.2 Å². The molecular weight excluding hydrogens is 432 g/mol. The summed E-state index contributed by atoms with van der Waals surface area (Å²) in [5.41, 5.74) is -0.249. The van der Waals surface area contributed by atoms with Gasteiger partial charge >= 0.3 is 6.18 Å². The lowest BCUT2D eigenvalue weighted by molar-refractivity contribution is -0.141. The monoisotopic (exact) mass is 440 g/mol. The summed E-state index contributed by atoms with van der Waals surface area (Å²) in [6.45, 7) is -1.48. The smallest absolute Gasteiger partial charge is 0.288 e. The summed E-state index contributed by atoms with van der Waals surface area (Å²) in [4.78, 5) is 16.7. The van der Waals surface area contributed by atoms with E-state index in [0.29, 0.717) is 15.3 Å². The molecule has 0 atom stereocenters. The first-order chi connectivity index (χ1) is 13.7. The molecule has 3 heterocycles. The fraction of sp³-hybridized carbons (Fsp3) is 0.118. The molecule has 1 aromatic carbocycles. The number of fused-ring (bicyclic) bond motifs is 1. The molecule has 4 aromatic rings. The second-order valence-electron chi connectivity index (χ2n) is 5.94. The maximum Gasteiger partial charge on any atom is 0.406 e. The Morgan fingerprint density at radius 2 is 1.76 bits per heavy atom. The van der Waals surface area contributed by atoms with Crippen molar-refractivity contribution in [3.8, 4) is 17.1 Å². The van der Waals surface area contributed by atoms with Gasteiger partial charge in [-0.2, -0.15) is 18.3 Å². The molecule has 0 aliphatic heterocycles. The van der Waals surface area contributed by atoms with Crippen molar-refractivity contribution >= 4 is 34.2 Å². The number of halogens is 5. The minimum Gasteiger partial charge on any atom is -0.288 e. The van der Waals surface area contributed by atoms with Crippen LogP contribution in [0, 0.1) is 0 Å². The molecule has 0 radical (unpaired) electrons. The predicted octanol–water partition coefficient (Wildman–Crippen LogP) is 3.91. The van der Waals surface area contributed by atoms with Gasteiger partial charge < -0.3 is 0 Å². The number of nitrogens with zero attached hydrogens (tertiary/aromatic N) is 6. The number of hydrogen-bond acceptors (Lipinski definition) is 5. The number of alkyl halides is 3. The number of benzene rings is 1. The molecular formula is C17H9Cl2F3N6O. The van der Waals surface area contributed by atoms with E-state index in [1.165, 1.54) is 16.8 Å². The van der Waals surface area contributed by atoms with Gasteiger partial charge in [0.15, 0.2) is 10.7 Å². The van der Waals surface area contributed by atoms with E-state index in [2.05, 4.69) is 20.3 Å². The average Bonchev–Trinajstić information content (AvgIpc) is 3.04. The third-order valence-corrected chi connectivity index (χ3v) is 4.48. The van der Waals surface area contributed by atoms with Crippen molar-refractivity contribution < 1.29 is 13.2 Å². The number of aromatic nitrogens is 6. The summed E-state index contributed by atoms with van der Waals surface area (Å²) >= 11 is 12.0. The first kappa shape index (κ1) is 19.3. The van der Waals surface area contributed by atoms with Gasteiger partial charge in [0, 0.05) is 0 Å². The van der Waals surface area contributed by atoms with Crippen molar-refractivity contribution in [2.45, 2.75) is 12.7 Å². The first-order valence-corrected chi connectivity index (χ1v) is 8.79. The van der Waals surface area contributed by atoms with Crippen LogP contribution >= 0.6 is 23.2 Å². The normalized spacial score (nSPS) is 11.9. The van der Waals surface area contributed by atoms with E-state index in [-0.39, 0.29) is 27.6 Å². The molecule has 0 saturated heterocycles. The summed E-state index contributed by atoms with van der Waals surface area (Å²) in [5, 5.41) is 12.4. The van der Waals surface area contributed by atoms with Gasteiger partial charge in [0.1, 0.15) is 23.4 Å². The molecule has 3 aromatic heterocycles. The van der Waals surface area contributed by atoms with Crippen molar-refractivity contribution in [3.63, 3.8) is 0 Å². The lowest BCUT2D eigenvalue weighted by Crippen LogP contribution is -2.28. The molecule has 0 bridgehead atoms. The van der Waals surface area contributed by atoms with E-state index >= 15 is 0 Å². The zero-order valence-electron chi connectivity index (χ0n) is 14.2. The maximum atomic E-state index is 12.8. The standard InChI is InChI=1S/C17H9Cl2F3N6O/c18-9-3-1-2-4-11(9)28-15(10-5-6-12(19)25-24-10)13-14(26-28)16(29)27(8-23-13)7-17(20,21)22/h1-6,8H,7H2. The van der Waals surface area contributed by atoms with Crippen LogP contribution in [-0.4, -0.2) is 35.7 Å². The summed E-state index contributed by atoms with van der Waals surface area (Å²) in [6.07, 6.45) is -3.77.